The number of methoxy groups -OCH3 is 1. The average Bonchev–Trinajstić information content (AvgIpc) is 2.48. The van der Waals surface area contributed by atoms with E-state index in [0.717, 1.165) is 18.7 Å². The normalized spacial score (nSPS) is 10.0. The van der Waals surface area contributed by atoms with E-state index in [2.05, 4.69) is 22.8 Å². The van der Waals surface area contributed by atoms with E-state index in [1.807, 2.05) is 18.2 Å². The molecular weight excluding hydrogens is 304 g/mol. The predicted molar refractivity (Wildman–Crippen MR) is 92.4 cm³/mol. The van der Waals surface area contributed by atoms with E-state index in [1.165, 1.54) is 5.56 Å². The van der Waals surface area contributed by atoms with Gasteiger partial charge in [-0.15, -0.1) is 0 Å². The molecule has 3 nitrogen and oxygen atoms in total. The summed E-state index contributed by atoms with van der Waals surface area (Å²) in [6.45, 7) is 0.763. The molecule has 0 saturated heterocycles. The molecule has 0 spiro atoms. The van der Waals surface area contributed by atoms with Gasteiger partial charge >= 0.3 is 0 Å². The van der Waals surface area contributed by atoms with Crippen LogP contribution in [0, 0.1) is 0 Å². The van der Waals surface area contributed by atoms with Gasteiger partial charge in [0.2, 0.25) is 0 Å². The Balaban J connectivity index is 1.86. The summed E-state index contributed by atoms with van der Waals surface area (Å²) in [5, 5.41) is 7.45. The molecule has 0 radical (unpaired) electrons. The Labute approximate surface area is 135 Å². The second kappa shape index (κ2) is 7.86. The van der Waals surface area contributed by atoms with Crippen molar-refractivity contribution in [1.82, 2.24) is 5.32 Å². The Bertz CT molecular complexity index is 604. The van der Waals surface area contributed by atoms with Crippen molar-refractivity contribution in [3.8, 4) is 5.75 Å². The predicted octanol–water partition coefficient (Wildman–Crippen LogP) is 3.88. The van der Waals surface area contributed by atoms with Crippen LogP contribution in [0.3, 0.4) is 0 Å². The number of nitrogens with one attached hydrogen (secondary N) is 2. The zero-order valence-electron chi connectivity index (χ0n) is 11.7. The summed E-state index contributed by atoms with van der Waals surface area (Å²) < 4.78 is 5.27. The molecule has 2 aromatic carbocycles. The molecule has 0 aliphatic carbocycles. The number of ether oxygens (including phenoxy) is 1. The van der Waals surface area contributed by atoms with E-state index in [-0.39, 0.29) is 0 Å². The number of anilines is 1. The Morgan fingerprint density at radius 3 is 2.67 bits per heavy atom. The minimum Gasteiger partial charge on any atom is -0.495 e. The van der Waals surface area contributed by atoms with Crippen molar-refractivity contribution in [2.45, 2.75) is 6.42 Å². The summed E-state index contributed by atoms with van der Waals surface area (Å²) in [7, 11) is 1.61. The number of thiocarbonyl (C=S) groups is 1. The van der Waals surface area contributed by atoms with Gasteiger partial charge < -0.3 is 15.4 Å². The van der Waals surface area contributed by atoms with E-state index in [9.17, 15) is 0 Å². The molecule has 21 heavy (non-hydrogen) atoms. The average molecular weight is 321 g/mol. The van der Waals surface area contributed by atoms with Crippen molar-refractivity contribution in [3.05, 3.63) is 59.1 Å². The van der Waals surface area contributed by atoms with Crippen LogP contribution in [-0.4, -0.2) is 18.8 Å². The third-order valence-electron chi connectivity index (χ3n) is 2.95. The molecule has 2 rings (SSSR count). The Morgan fingerprint density at radius 2 is 1.95 bits per heavy atom. The lowest BCUT2D eigenvalue weighted by Gasteiger charge is -2.13. The molecule has 2 N–H and O–H groups in total. The van der Waals surface area contributed by atoms with Crippen LogP contribution >= 0.6 is 23.8 Å². The first-order valence-corrected chi connectivity index (χ1v) is 7.40. The van der Waals surface area contributed by atoms with Crippen LogP contribution in [0.4, 0.5) is 5.69 Å². The number of halogens is 1. The molecule has 0 unspecified atom stereocenters. The summed E-state index contributed by atoms with van der Waals surface area (Å²) in [4.78, 5) is 0. The minimum absolute atomic E-state index is 0.548. The molecular formula is C16H17ClN2OS. The van der Waals surface area contributed by atoms with Crippen LogP contribution in [0.2, 0.25) is 5.02 Å². The minimum atomic E-state index is 0.548. The lowest BCUT2D eigenvalue weighted by Crippen LogP contribution is -2.30. The summed E-state index contributed by atoms with van der Waals surface area (Å²) in [6, 6.07) is 15.6. The molecule has 2 aromatic rings. The van der Waals surface area contributed by atoms with Crippen LogP contribution in [0.15, 0.2) is 48.5 Å². The number of hydrogen-bond acceptors (Lipinski definition) is 2. The highest BCUT2D eigenvalue weighted by Crippen LogP contribution is 2.27. The number of hydrogen-bond donors (Lipinski definition) is 2. The monoisotopic (exact) mass is 320 g/mol. The van der Waals surface area contributed by atoms with Gasteiger partial charge in [-0.3, -0.25) is 0 Å². The molecule has 0 bridgehead atoms. The van der Waals surface area contributed by atoms with Crippen molar-refractivity contribution in [2.75, 3.05) is 19.0 Å². The first-order valence-electron chi connectivity index (χ1n) is 6.61. The zero-order chi connectivity index (χ0) is 15.1. The third kappa shape index (κ3) is 4.92. The fraction of sp³-hybridized carbons (Fsp3) is 0.188. The molecule has 0 amide bonds. The highest BCUT2D eigenvalue weighted by molar-refractivity contribution is 7.80. The van der Waals surface area contributed by atoms with Gasteiger partial charge in [-0.1, -0.05) is 41.9 Å². The fourth-order valence-corrected chi connectivity index (χ4v) is 2.29. The number of rotatable bonds is 5. The first-order chi connectivity index (χ1) is 10.2. The SMILES string of the molecule is COc1ccc(Cl)cc1NC(=S)NCCc1ccccc1. The van der Waals surface area contributed by atoms with Crippen LogP contribution in [-0.2, 0) is 6.42 Å². The van der Waals surface area contributed by atoms with Crippen LogP contribution in [0.25, 0.3) is 0 Å². The second-order valence-electron chi connectivity index (χ2n) is 4.46. The summed E-state index contributed by atoms with van der Waals surface area (Å²) in [5.74, 6) is 0.701. The van der Waals surface area contributed by atoms with Gasteiger partial charge in [0.1, 0.15) is 5.75 Å². The van der Waals surface area contributed by atoms with E-state index < -0.39 is 0 Å². The molecule has 0 saturated carbocycles. The molecule has 0 fully saturated rings. The quantitative estimate of drug-likeness (QED) is 0.819. The Hall–Kier alpha value is -1.78. The second-order valence-corrected chi connectivity index (χ2v) is 5.31. The van der Waals surface area contributed by atoms with E-state index >= 15 is 0 Å². The topological polar surface area (TPSA) is 33.3 Å². The van der Waals surface area contributed by atoms with Gasteiger partial charge in [0.05, 0.1) is 12.8 Å². The molecule has 0 atom stereocenters. The highest BCUT2D eigenvalue weighted by Gasteiger charge is 2.05. The maximum absolute atomic E-state index is 5.98. The van der Waals surface area contributed by atoms with Gasteiger partial charge in [-0.2, -0.15) is 0 Å². The van der Waals surface area contributed by atoms with Crippen molar-refractivity contribution < 1.29 is 4.74 Å². The molecule has 0 heterocycles. The Kier molecular flexibility index (Phi) is 5.84. The van der Waals surface area contributed by atoms with E-state index in [0.29, 0.717) is 15.9 Å². The van der Waals surface area contributed by atoms with Crippen LogP contribution in [0.1, 0.15) is 5.56 Å². The zero-order valence-corrected chi connectivity index (χ0v) is 13.3. The van der Waals surface area contributed by atoms with Crippen molar-refractivity contribution >= 4 is 34.6 Å². The van der Waals surface area contributed by atoms with Crippen molar-refractivity contribution in [2.24, 2.45) is 0 Å². The maximum Gasteiger partial charge on any atom is 0.170 e. The smallest absolute Gasteiger partial charge is 0.170 e. The largest absolute Gasteiger partial charge is 0.495 e. The van der Waals surface area contributed by atoms with Crippen LogP contribution < -0.4 is 15.4 Å². The number of benzene rings is 2. The van der Waals surface area contributed by atoms with Crippen molar-refractivity contribution in [3.63, 3.8) is 0 Å². The van der Waals surface area contributed by atoms with Gasteiger partial charge in [0, 0.05) is 11.6 Å². The van der Waals surface area contributed by atoms with E-state index in [1.54, 1.807) is 25.3 Å². The maximum atomic E-state index is 5.98. The fourth-order valence-electron chi connectivity index (χ4n) is 1.91. The molecule has 5 heteroatoms. The first kappa shape index (κ1) is 15.6. The highest BCUT2D eigenvalue weighted by atomic mass is 35.5. The molecule has 0 aromatic heterocycles. The third-order valence-corrected chi connectivity index (χ3v) is 3.43. The van der Waals surface area contributed by atoms with Crippen LogP contribution in [0.5, 0.6) is 5.75 Å². The van der Waals surface area contributed by atoms with Gasteiger partial charge in [-0.25, -0.2) is 0 Å². The van der Waals surface area contributed by atoms with Gasteiger partial charge in [0.25, 0.3) is 0 Å². The standard InChI is InChI=1S/C16H17ClN2OS/c1-20-15-8-7-13(17)11-14(15)19-16(21)18-10-9-12-5-3-2-4-6-12/h2-8,11H,9-10H2,1H3,(H2,18,19,21). The van der Waals surface area contributed by atoms with E-state index in [4.69, 9.17) is 28.6 Å². The van der Waals surface area contributed by atoms with Gasteiger partial charge in [0.15, 0.2) is 5.11 Å². The molecule has 0 aliphatic rings. The molecule has 110 valence electrons. The lowest BCUT2D eigenvalue weighted by molar-refractivity contribution is 0.417. The molecule has 0 aliphatic heterocycles. The summed E-state index contributed by atoms with van der Waals surface area (Å²) in [5.41, 5.74) is 2.02. The summed E-state index contributed by atoms with van der Waals surface area (Å²) >= 11 is 11.3. The van der Waals surface area contributed by atoms with Gasteiger partial charge in [-0.05, 0) is 42.4 Å². The lowest BCUT2D eigenvalue weighted by atomic mass is 10.1. The Morgan fingerprint density at radius 1 is 1.19 bits per heavy atom. The van der Waals surface area contributed by atoms with Crippen molar-refractivity contribution in [1.29, 1.82) is 0 Å². The summed E-state index contributed by atoms with van der Waals surface area (Å²) in [6.07, 6.45) is 0.912.